The predicted molar refractivity (Wildman–Crippen MR) is 89.1 cm³/mol. The van der Waals surface area contributed by atoms with E-state index in [1.165, 1.54) is 31.7 Å². The highest BCUT2D eigenvalue weighted by molar-refractivity contribution is 5.90. The third-order valence-corrected chi connectivity index (χ3v) is 6.39. The van der Waals surface area contributed by atoms with Gasteiger partial charge in [0.1, 0.15) is 11.6 Å². The van der Waals surface area contributed by atoms with Crippen LogP contribution < -0.4 is 4.74 Å². The molecule has 3 saturated carbocycles. The summed E-state index contributed by atoms with van der Waals surface area (Å²) in [6, 6.07) is 2.99. The van der Waals surface area contributed by atoms with Gasteiger partial charge in [-0.2, -0.15) is 0 Å². The van der Waals surface area contributed by atoms with Crippen molar-refractivity contribution in [3.8, 4) is 5.75 Å². The molecule has 1 aromatic carbocycles. The normalized spacial score (nSPS) is 23.9. The number of ether oxygens (including phenoxy) is 1. The van der Waals surface area contributed by atoms with Crippen molar-refractivity contribution >= 4 is 5.97 Å². The van der Waals surface area contributed by atoms with Gasteiger partial charge >= 0.3 is 5.97 Å². The average Bonchev–Trinajstić information content (AvgIpc) is 3.44. The first kappa shape index (κ1) is 15.9. The van der Waals surface area contributed by atoms with Crippen LogP contribution in [0.2, 0.25) is 0 Å². The third-order valence-electron chi connectivity index (χ3n) is 6.39. The SMILES string of the molecule is CC1(COc2cc(F)c(C(=O)O)c(C3CC3)c2)CCC2(CC1)CC2. The van der Waals surface area contributed by atoms with E-state index in [4.69, 9.17) is 4.74 Å². The highest BCUT2D eigenvalue weighted by Crippen LogP contribution is 2.59. The molecule has 24 heavy (non-hydrogen) atoms. The molecule has 0 unspecified atom stereocenters. The van der Waals surface area contributed by atoms with Gasteiger partial charge in [0, 0.05) is 11.5 Å². The van der Waals surface area contributed by atoms with Crippen LogP contribution in [0, 0.1) is 16.6 Å². The molecule has 0 amide bonds. The van der Waals surface area contributed by atoms with Crippen LogP contribution >= 0.6 is 0 Å². The fourth-order valence-electron chi connectivity index (χ4n) is 4.09. The Balaban J connectivity index is 1.47. The van der Waals surface area contributed by atoms with E-state index >= 15 is 0 Å². The second-order valence-electron chi connectivity index (χ2n) is 8.55. The minimum atomic E-state index is -1.19. The van der Waals surface area contributed by atoms with Crippen LogP contribution in [0.15, 0.2) is 12.1 Å². The van der Waals surface area contributed by atoms with E-state index in [1.54, 1.807) is 6.07 Å². The van der Waals surface area contributed by atoms with Gasteiger partial charge in [0.05, 0.1) is 12.2 Å². The van der Waals surface area contributed by atoms with Crippen molar-refractivity contribution in [2.24, 2.45) is 10.8 Å². The van der Waals surface area contributed by atoms with Crippen LogP contribution in [0.4, 0.5) is 4.39 Å². The van der Waals surface area contributed by atoms with Crippen molar-refractivity contribution < 1.29 is 19.0 Å². The molecule has 1 spiro atoms. The lowest BCUT2D eigenvalue weighted by molar-refractivity contribution is 0.0689. The molecular formula is C20H25FO3. The van der Waals surface area contributed by atoms with Crippen LogP contribution in [-0.4, -0.2) is 17.7 Å². The average molecular weight is 332 g/mol. The number of rotatable bonds is 5. The van der Waals surface area contributed by atoms with E-state index in [-0.39, 0.29) is 16.9 Å². The van der Waals surface area contributed by atoms with Crippen LogP contribution in [0.3, 0.4) is 0 Å². The van der Waals surface area contributed by atoms with E-state index in [1.807, 2.05) is 0 Å². The molecule has 0 heterocycles. The first-order valence-electron chi connectivity index (χ1n) is 9.09. The summed E-state index contributed by atoms with van der Waals surface area (Å²) in [5.74, 6) is -1.20. The summed E-state index contributed by atoms with van der Waals surface area (Å²) >= 11 is 0. The Kier molecular flexibility index (Phi) is 3.63. The zero-order valence-electron chi connectivity index (χ0n) is 14.2. The van der Waals surface area contributed by atoms with Crippen molar-refractivity contribution in [3.05, 3.63) is 29.1 Å². The van der Waals surface area contributed by atoms with Crippen LogP contribution in [0.1, 0.15) is 80.1 Å². The Morgan fingerprint density at radius 1 is 1.21 bits per heavy atom. The van der Waals surface area contributed by atoms with E-state index in [0.29, 0.717) is 23.3 Å². The number of carbonyl (C=O) groups is 1. The zero-order valence-corrected chi connectivity index (χ0v) is 14.2. The first-order valence-corrected chi connectivity index (χ1v) is 9.09. The van der Waals surface area contributed by atoms with Gasteiger partial charge in [0.15, 0.2) is 0 Å². The number of carboxylic acid groups (broad SMARTS) is 1. The number of carboxylic acids is 1. The minimum absolute atomic E-state index is 0.148. The molecule has 4 heteroatoms. The molecule has 0 aliphatic heterocycles. The van der Waals surface area contributed by atoms with Gasteiger partial charge in [-0.1, -0.05) is 6.92 Å². The fourth-order valence-corrected chi connectivity index (χ4v) is 4.09. The smallest absolute Gasteiger partial charge is 0.338 e. The maximum atomic E-state index is 14.3. The van der Waals surface area contributed by atoms with Crippen molar-refractivity contribution in [2.75, 3.05) is 6.61 Å². The van der Waals surface area contributed by atoms with Crippen molar-refractivity contribution in [3.63, 3.8) is 0 Å². The molecule has 130 valence electrons. The quantitative estimate of drug-likeness (QED) is 0.812. The lowest BCUT2D eigenvalue weighted by Crippen LogP contribution is -2.31. The Labute approximate surface area is 142 Å². The maximum Gasteiger partial charge on any atom is 0.338 e. The molecule has 1 N–H and O–H groups in total. The van der Waals surface area contributed by atoms with Gasteiger partial charge in [-0.25, -0.2) is 9.18 Å². The second kappa shape index (κ2) is 5.47. The van der Waals surface area contributed by atoms with E-state index in [0.717, 1.165) is 25.7 Å². The Bertz CT molecular complexity index is 664. The van der Waals surface area contributed by atoms with Gasteiger partial charge in [-0.3, -0.25) is 0 Å². The number of hydrogen-bond acceptors (Lipinski definition) is 2. The van der Waals surface area contributed by atoms with Crippen LogP contribution in [0.5, 0.6) is 5.75 Å². The maximum absolute atomic E-state index is 14.3. The second-order valence-corrected chi connectivity index (χ2v) is 8.55. The number of hydrogen-bond donors (Lipinski definition) is 1. The summed E-state index contributed by atoms with van der Waals surface area (Å²) in [7, 11) is 0. The lowest BCUT2D eigenvalue weighted by atomic mass is 9.71. The molecule has 0 saturated heterocycles. The molecule has 3 fully saturated rings. The van der Waals surface area contributed by atoms with E-state index in [9.17, 15) is 14.3 Å². The van der Waals surface area contributed by atoms with Gasteiger partial charge in [-0.05, 0) is 74.3 Å². The molecule has 1 aromatic rings. The Morgan fingerprint density at radius 2 is 1.83 bits per heavy atom. The van der Waals surface area contributed by atoms with E-state index < -0.39 is 11.8 Å². The summed E-state index contributed by atoms with van der Waals surface area (Å²) < 4.78 is 20.2. The van der Waals surface area contributed by atoms with E-state index in [2.05, 4.69) is 6.92 Å². The zero-order chi connectivity index (χ0) is 16.9. The standard InChI is InChI=1S/C20H25FO3/c1-19(4-6-20(7-5-19)8-9-20)12-24-14-10-15(13-2-3-13)17(18(22)23)16(21)11-14/h10-11,13H,2-9,12H2,1H3,(H,22,23). The molecule has 0 radical (unpaired) electrons. The summed E-state index contributed by atoms with van der Waals surface area (Å²) in [5.41, 5.74) is 1.22. The topological polar surface area (TPSA) is 46.5 Å². The van der Waals surface area contributed by atoms with Crippen molar-refractivity contribution in [1.29, 1.82) is 0 Å². The molecule has 0 aromatic heterocycles. The Morgan fingerprint density at radius 3 is 2.38 bits per heavy atom. The summed E-state index contributed by atoms with van der Waals surface area (Å²) in [6.45, 7) is 2.84. The van der Waals surface area contributed by atoms with Crippen molar-refractivity contribution in [1.82, 2.24) is 0 Å². The molecular weight excluding hydrogens is 307 g/mol. The van der Waals surface area contributed by atoms with Crippen molar-refractivity contribution in [2.45, 2.75) is 64.2 Å². The van der Waals surface area contributed by atoms with Crippen LogP contribution in [-0.2, 0) is 0 Å². The summed E-state index contributed by atoms with van der Waals surface area (Å²) in [4.78, 5) is 11.3. The van der Waals surface area contributed by atoms with Crippen LogP contribution in [0.25, 0.3) is 0 Å². The predicted octanol–water partition coefficient (Wildman–Crippen LogP) is 5.14. The third kappa shape index (κ3) is 3.03. The summed E-state index contributed by atoms with van der Waals surface area (Å²) in [5, 5.41) is 9.26. The fraction of sp³-hybridized carbons (Fsp3) is 0.650. The molecule has 3 nitrogen and oxygen atoms in total. The number of halogens is 1. The molecule has 0 bridgehead atoms. The monoisotopic (exact) mass is 332 g/mol. The molecule has 4 rings (SSSR count). The lowest BCUT2D eigenvalue weighted by Gasteiger charge is -2.37. The highest BCUT2D eigenvalue weighted by atomic mass is 19.1. The minimum Gasteiger partial charge on any atom is -0.493 e. The van der Waals surface area contributed by atoms with Gasteiger partial charge in [0.25, 0.3) is 0 Å². The van der Waals surface area contributed by atoms with Gasteiger partial charge in [0.2, 0.25) is 0 Å². The van der Waals surface area contributed by atoms with Gasteiger partial charge < -0.3 is 9.84 Å². The molecule has 0 atom stereocenters. The number of benzene rings is 1. The molecule has 3 aliphatic carbocycles. The molecule has 3 aliphatic rings. The largest absolute Gasteiger partial charge is 0.493 e. The first-order chi connectivity index (χ1) is 11.4. The highest BCUT2D eigenvalue weighted by Gasteiger charge is 2.48. The van der Waals surface area contributed by atoms with Gasteiger partial charge in [-0.15, -0.1) is 0 Å². The summed E-state index contributed by atoms with van der Waals surface area (Å²) in [6.07, 6.45) is 9.54. The number of aromatic carboxylic acids is 1. The Hall–Kier alpha value is -1.58.